The van der Waals surface area contributed by atoms with E-state index in [0.717, 1.165) is 18.5 Å². The average Bonchev–Trinajstić information content (AvgIpc) is 2.61. The van der Waals surface area contributed by atoms with E-state index in [2.05, 4.69) is 19.9 Å². The number of aromatic amines is 1. The highest BCUT2D eigenvalue weighted by Crippen LogP contribution is 2.29. The molecule has 1 fully saturated rings. The number of alkyl halides is 5. The molecular weight excluding hydrogens is 363 g/mol. The molecule has 0 spiro atoms. The zero-order valence-electron chi connectivity index (χ0n) is 13.2. The fourth-order valence-electron chi connectivity index (χ4n) is 2.55. The highest BCUT2D eigenvalue weighted by Gasteiger charge is 2.33. The summed E-state index contributed by atoms with van der Waals surface area (Å²) in [5.41, 5.74) is -2.37. The lowest BCUT2D eigenvalue weighted by Gasteiger charge is -2.35. The van der Waals surface area contributed by atoms with Gasteiger partial charge in [-0.25, -0.2) is 23.7 Å². The second-order valence-electron chi connectivity index (χ2n) is 5.53. The Morgan fingerprint density at radius 3 is 2.31 bits per heavy atom. The lowest BCUT2D eigenvalue weighted by Crippen LogP contribution is -2.48. The number of hydrogen-bond donors (Lipinski definition) is 1. The summed E-state index contributed by atoms with van der Waals surface area (Å²) in [5.74, 6) is 0.126. The van der Waals surface area contributed by atoms with Crippen LogP contribution in [0.5, 0.6) is 0 Å². The van der Waals surface area contributed by atoms with Gasteiger partial charge in [0.2, 0.25) is 5.95 Å². The molecule has 26 heavy (non-hydrogen) atoms. The lowest BCUT2D eigenvalue weighted by molar-refractivity contribution is -0.141. The lowest BCUT2D eigenvalue weighted by atomic mass is 10.3. The molecular formula is C14H13F5N6O. The number of H-pyrrole nitrogens is 1. The molecule has 2 aromatic rings. The normalized spacial score (nSPS) is 15.6. The number of nitrogens with zero attached hydrogens (tertiary/aromatic N) is 5. The Bertz CT molecular complexity index is 831. The van der Waals surface area contributed by atoms with Crippen LogP contribution in [-0.2, 0) is 6.18 Å². The van der Waals surface area contributed by atoms with Gasteiger partial charge in [0.15, 0.2) is 0 Å². The Morgan fingerprint density at radius 2 is 1.69 bits per heavy atom. The van der Waals surface area contributed by atoms with Gasteiger partial charge in [-0.2, -0.15) is 13.2 Å². The molecule has 1 saturated heterocycles. The van der Waals surface area contributed by atoms with Crippen molar-refractivity contribution in [2.75, 3.05) is 36.0 Å². The predicted molar refractivity (Wildman–Crippen MR) is 81.3 cm³/mol. The summed E-state index contributed by atoms with van der Waals surface area (Å²) >= 11 is 0. The van der Waals surface area contributed by atoms with Crippen molar-refractivity contribution in [3.05, 3.63) is 40.2 Å². The van der Waals surface area contributed by atoms with E-state index in [0.29, 0.717) is 0 Å². The zero-order chi connectivity index (χ0) is 18.9. The van der Waals surface area contributed by atoms with Gasteiger partial charge in [0, 0.05) is 38.3 Å². The molecule has 1 aliphatic heterocycles. The molecule has 0 amide bonds. The van der Waals surface area contributed by atoms with E-state index in [9.17, 15) is 26.7 Å². The van der Waals surface area contributed by atoms with E-state index < -0.39 is 29.5 Å². The second-order valence-corrected chi connectivity index (χ2v) is 5.53. The van der Waals surface area contributed by atoms with Crippen LogP contribution in [0, 0.1) is 0 Å². The number of nitrogens with one attached hydrogen (secondary N) is 1. The number of rotatable bonds is 3. The van der Waals surface area contributed by atoms with E-state index in [1.54, 1.807) is 9.80 Å². The fourth-order valence-corrected chi connectivity index (χ4v) is 2.55. The van der Waals surface area contributed by atoms with Crippen LogP contribution in [0.4, 0.5) is 33.7 Å². The summed E-state index contributed by atoms with van der Waals surface area (Å²) in [6, 6.07) is 1.58. The number of piperazine rings is 1. The van der Waals surface area contributed by atoms with E-state index in [1.807, 2.05) is 0 Å². The van der Waals surface area contributed by atoms with Crippen LogP contribution in [0.15, 0.2) is 23.3 Å². The van der Waals surface area contributed by atoms with Crippen molar-refractivity contribution in [3.63, 3.8) is 0 Å². The highest BCUT2D eigenvalue weighted by molar-refractivity contribution is 5.43. The number of halogens is 5. The van der Waals surface area contributed by atoms with Gasteiger partial charge in [-0.15, -0.1) is 0 Å². The molecule has 2 aromatic heterocycles. The molecule has 7 nitrogen and oxygen atoms in total. The molecule has 0 saturated carbocycles. The van der Waals surface area contributed by atoms with E-state index in [4.69, 9.17) is 0 Å². The fraction of sp³-hybridized carbons (Fsp3) is 0.429. The van der Waals surface area contributed by atoms with Crippen LogP contribution in [0.3, 0.4) is 0 Å². The number of aromatic nitrogens is 4. The Hall–Kier alpha value is -2.79. The van der Waals surface area contributed by atoms with Crippen molar-refractivity contribution in [1.82, 2.24) is 19.9 Å². The van der Waals surface area contributed by atoms with Gasteiger partial charge in [-0.1, -0.05) is 0 Å². The maximum absolute atomic E-state index is 12.8. The molecule has 0 radical (unpaired) electrons. The van der Waals surface area contributed by atoms with Crippen LogP contribution < -0.4 is 15.4 Å². The van der Waals surface area contributed by atoms with Gasteiger partial charge in [0.1, 0.15) is 23.5 Å². The first-order chi connectivity index (χ1) is 12.2. The van der Waals surface area contributed by atoms with Gasteiger partial charge < -0.3 is 9.80 Å². The molecule has 140 valence electrons. The summed E-state index contributed by atoms with van der Waals surface area (Å²) in [7, 11) is 0. The smallest absolute Gasteiger partial charge is 0.353 e. The summed E-state index contributed by atoms with van der Waals surface area (Å²) in [4.78, 5) is 27.9. The van der Waals surface area contributed by atoms with Crippen molar-refractivity contribution >= 4 is 11.8 Å². The largest absolute Gasteiger partial charge is 0.433 e. The van der Waals surface area contributed by atoms with E-state index in [1.165, 1.54) is 0 Å². The van der Waals surface area contributed by atoms with Gasteiger partial charge >= 0.3 is 6.18 Å². The quantitative estimate of drug-likeness (QED) is 0.824. The first kappa shape index (κ1) is 18.0. The molecule has 1 N–H and O–H groups in total. The predicted octanol–water partition coefficient (Wildman–Crippen LogP) is 1.84. The van der Waals surface area contributed by atoms with Gasteiger partial charge in [0.25, 0.3) is 12.0 Å². The Labute approximate surface area is 143 Å². The summed E-state index contributed by atoms with van der Waals surface area (Å²) < 4.78 is 63.7. The summed E-state index contributed by atoms with van der Waals surface area (Å²) in [6.07, 6.45) is -6.60. The molecule has 0 atom stereocenters. The van der Waals surface area contributed by atoms with Gasteiger partial charge in [-0.3, -0.25) is 9.78 Å². The molecule has 0 aliphatic carbocycles. The Balaban J connectivity index is 1.73. The van der Waals surface area contributed by atoms with Crippen molar-refractivity contribution < 1.29 is 22.0 Å². The first-order valence-corrected chi connectivity index (χ1v) is 7.52. The maximum Gasteiger partial charge on any atom is 0.433 e. The third kappa shape index (κ3) is 3.89. The summed E-state index contributed by atoms with van der Waals surface area (Å²) in [6.45, 7) is 1.08. The minimum Gasteiger partial charge on any atom is -0.353 e. The minimum absolute atomic E-state index is 0.00566. The van der Waals surface area contributed by atoms with Crippen LogP contribution in [0.2, 0.25) is 0 Å². The van der Waals surface area contributed by atoms with Crippen LogP contribution in [0.1, 0.15) is 17.8 Å². The van der Waals surface area contributed by atoms with Crippen molar-refractivity contribution in [1.29, 1.82) is 0 Å². The minimum atomic E-state index is -4.57. The zero-order valence-corrected chi connectivity index (χ0v) is 13.2. The third-order valence-electron chi connectivity index (χ3n) is 3.82. The van der Waals surface area contributed by atoms with Crippen molar-refractivity contribution in [3.8, 4) is 0 Å². The molecule has 1 aliphatic rings. The number of hydrogen-bond acceptors (Lipinski definition) is 6. The molecule has 12 heteroatoms. The third-order valence-corrected chi connectivity index (χ3v) is 3.82. The molecule has 3 heterocycles. The monoisotopic (exact) mass is 376 g/mol. The Kier molecular flexibility index (Phi) is 4.74. The van der Waals surface area contributed by atoms with Crippen molar-refractivity contribution in [2.24, 2.45) is 0 Å². The standard InChI is InChI=1S/C14H13F5N6O/c15-12(16)8-5-11(26)23-13(22-8)25-3-1-24(2-4-25)10-6-9(14(17,18)19)20-7-21-10/h5-7,12H,1-4H2,(H,22,23,26). The highest BCUT2D eigenvalue weighted by atomic mass is 19.4. The number of anilines is 2. The van der Waals surface area contributed by atoms with E-state index >= 15 is 0 Å². The molecule has 3 rings (SSSR count). The van der Waals surface area contributed by atoms with Crippen LogP contribution in [0.25, 0.3) is 0 Å². The first-order valence-electron chi connectivity index (χ1n) is 7.52. The van der Waals surface area contributed by atoms with Gasteiger partial charge in [0.05, 0.1) is 0 Å². The van der Waals surface area contributed by atoms with E-state index in [-0.39, 0.29) is 37.9 Å². The van der Waals surface area contributed by atoms with Crippen LogP contribution >= 0.6 is 0 Å². The molecule has 0 bridgehead atoms. The van der Waals surface area contributed by atoms with Crippen molar-refractivity contribution in [2.45, 2.75) is 12.6 Å². The Morgan fingerprint density at radius 1 is 1.04 bits per heavy atom. The second kappa shape index (κ2) is 6.84. The summed E-state index contributed by atoms with van der Waals surface area (Å²) in [5, 5.41) is 0. The van der Waals surface area contributed by atoms with Crippen LogP contribution in [-0.4, -0.2) is 46.1 Å². The van der Waals surface area contributed by atoms with Gasteiger partial charge in [-0.05, 0) is 0 Å². The SMILES string of the molecule is O=c1cc(C(F)F)nc(N2CCN(c3cc(C(F)(F)F)ncn3)CC2)[nH]1. The maximum atomic E-state index is 12.8. The molecule has 0 aromatic carbocycles. The molecule has 0 unspecified atom stereocenters. The topological polar surface area (TPSA) is 78.0 Å². The average molecular weight is 376 g/mol.